The summed E-state index contributed by atoms with van der Waals surface area (Å²) in [5.41, 5.74) is -2.62. The van der Waals surface area contributed by atoms with Crippen molar-refractivity contribution in [3.05, 3.63) is 35.4 Å². The van der Waals surface area contributed by atoms with Gasteiger partial charge in [0.25, 0.3) is 0 Å². The van der Waals surface area contributed by atoms with Crippen molar-refractivity contribution in [2.24, 2.45) is 11.3 Å². The van der Waals surface area contributed by atoms with E-state index in [0.717, 1.165) is 18.2 Å². The molecular formula is C17H18F6N2O2. The minimum absolute atomic E-state index is 0.0293. The first-order valence-electron chi connectivity index (χ1n) is 8.37. The van der Waals surface area contributed by atoms with E-state index in [9.17, 15) is 36.2 Å². The average Bonchev–Trinajstić information content (AvgIpc) is 3.06. The SMILES string of the molecule is O=C(NC1CC2(C(F)(F)F)CC1C2)N[C@@H](CO)c1cccc(C(F)(F)F)c1. The maximum atomic E-state index is 13.1. The zero-order chi connectivity index (χ0) is 20.0. The highest BCUT2D eigenvalue weighted by molar-refractivity contribution is 5.75. The number of aliphatic hydroxyl groups excluding tert-OH is 1. The van der Waals surface area contributed by atoms with Crippen LogP contribution in [0.1, 0.15) is 36.4 Å². The molecule has 3 aliphatic rings. The van der Waals surface area contributed by atoms with Gasteiger partial charge < -0.3 is 15.7 Å². The van der Waals surface area contributed by atoms with E-state index in [1.165, 1.54) is 6.07 Å². The molecule has 2 amide bonds. The Hall–Kier alpha value is -1.97. The second-order valence-corrected chi connectivity index (χ2v) is 7.23. The van der Waals surface area contributed by atoms with Crippen LogP contribution in [0.5, 0.6) is 0 Å². The van der Waals surface area contributed by atoms with Crippen LogP contribution in [0.3, 0.4) is 0 Å². The van der Waals surface area contributed by atoms with Gasteiger partial charge in [0.1, 0.15) is 0 Å². The average molecular weight is 396 g/mol. The van der Waals surface area contributed by atoms with Crippen LogP contribution in [0.25, 0.3) is 0 Å². The minimum Gasteiger partial charge on any atom is -0.394 e. The van der Waals surface area contributed by atoms with E-state index in [2.05, 4.69) is 10.6 Å². The van der Waals surface area contributed by atoms with Gasteiger partial charge in [-0.25, -0.2) is 4.79 Å². The molecule has 3 N–H and O–H groups in total. The molecule has 3 saturated carbocycles. The fourth-order valence-electron chi connectivity index (χ4n) is 4.03. The summed E-state index contributed by atoms with van der Waals surface area (Å²) >= 11 is 0. The van der Waals surface area contributed by atoms with Crippen molar-refractivity contribution in [1.82, 2.24) is 10.6 Å². The number of fused-ring (bicyclic) bond motifs is 1. The predicted molar refractivity (Wildman–Crippen MR) is 82.6 cm³/mol. The molecule has 3 aliphatic carbocycles. The van der Waals surface area contributed by atoms with Crippen molar-refractivity contribution in [3.63, 3.8) is 0 Å². The third kappa shape index (κ3) is 3.71. The van der Waals surface area contributed by atoms with Gasteiger partial charge in [0.2, 0.25) is 0 Å². The number of amides is 2. The van der Waals surface area contributed by atoms with E-state index in [1.54, 1.807) is 0 Å². The summed E-state index contributed by atoms with van der Waals surface area (Å²) in [5.74, 6) is -0.265. The van der Waals surface area contributed by atoms with Crippen LogP contribution in [0.2, 0.25) is 0 Å². The molecular weight excluding hydrogens is 378 g/mol. The maximum Gasteiger partial charge on any atom is 0.416 e. The number of benzene rings is 1. The molecule has 1 aromatic carbocycles. The van der Waals surface area contributed by atoms with Gasteiger partial charge in [0.05, 0.1) is 23.6 Å². The number of alkyl halides is 6. The van der Waals surface area contributed by atoms with Crippen LogP contribution in [0.4, 0.5) is 31.1 Å². The minimum atomic E-state index is -4.57. The Morgan fingerprint density at radius 1 is 1.19 bits per heavy atom. The second kappa shape index (κ2) is 6.57. The lowest BCUT2D eigenvalue weighted by Crippen LogP contribution is -2.45. The number of aliphatic hydroxyl groups is 1. The first-order valence-corrected chi connectivity index (χ1v) is 8.37. The van der Waals surface area contributed by atoms with E-state index in [0.29, 0.717) is 0 Å². The molecule has 0 heterocycles. The third-order valence-electron chi connectivity index (χ3n) is 5.51. The van der Waals surface area contributed by atoms with Crippen molar-refractivity contribution in [3.8, 4) is 0 Å². The lowest BCUT2D eigenvalue weighted by molar-refractivity contribution is -0.244. The Bertz CT molecular complexity index is 712. The van der Waals surface area contributed by atoms with Crippen molar-refractivity contribution < 1.29 is 36.2 Å². The van der Waals surface area contributed by atoms with Crippen LogP contribution in [-0.4, -0.2) is 30.0 Å². The number of urea groups is 1. The zero-order valence-corrected chi connectivity index (χ0v) is 14.0. The molecule has 0 spiro atoms. The van der Waals surface area contributed by atoms with Crippen molar-refractivity contribution in [2.75, 3.05) is 6.61 Å². The van der Waals surface area contributed by atoms with E-state index >= 15 is 0 Å². The van der Waals surface area contributed by atoms with Gasteiger partial charge in [0, 0.05) is 6.04 Å². The molecule has 1 unspecified atom stereocenters. The molecule has 0 aromatic heterocycles. The van der Waals surface area contributed by atoms with E-state index in [-0.39, 0.29) is 30.7 Å². The Morgan fingerprint density at radius 3 is 2.37 bits per heavy atom. The van der Waals surface area contributed by atoms with Gasteiger partial charge in [-0.15, -0.1) is 0 Å². The van der Waals surface area contributed by atoms with Gasteiger partial charge in [-0.2, -0.15) is 26.3 Å². The molecule has 4 rings (SSSR count). The second-order valence-electron chi connectivity index (χ2n) is 7.23. The standard InChI is InChI=1S/C17H18F6N2O2/c18-16(19,20)11-3-1-2-9(4-11)13(8-26)25-14(27)24-12-7-15(17(21,22)23)5-10(12)6-15/h1-4,10,12-13,26H,5-8H2,(H2,24,25,27)/t10?,12?,13-,15?/m0/s1. The molecule has 0 aliphatic heterocycles. The van der Waals surface area contributed by atoms with Crippen LogP contribution in [-0.2, 0) is 6.18 Å². The van der Waals surface area contributed by atoms with Gasteiger partial charge in [-0.05, 0) is 42.9 Å². The zero-order valence-electron chi connectivity index (χ0n) is 14.0. The Morgan fingerprint density at radius 2 is 1.85 bits per heavy atom. The van der Waals surface area contributed by atoms with Gasteiger partial charge in [-0.3, -0.25) is 0 Å². The Balaban J connectivity index is 1.62. The number of rotatable bonds is 4. The predicted octanol–water partition coefficient (Wildman–Crippen LogP) is 3.77. The largest absolute Gasteiger partial charge is 0.416 e. The van der Waals surface area contributed by atoms with Crippen LogP contribution in [0, 0.1) is 11.3 Å². The molecule has 2 atom stereocenters. The highest BCUT2D eigenvalue weighted by Crippen LogP contribution is 2.65. The first kappa shape index (κ1) is 19.8. The van der Waals surface area contributed by atoms with Crippen molar-refractivity contribution in [1.29, 1.82) is 0 Å². The monoisotopic (exact) mass is 396 g/mol. The molecule has 1 aromatic rings. The van der Waals surface area contributed by atoms with Crippen LogP contribution < -0.4 is 10.6 Å². The summed E-state index contributed by atoms with van der Waals surface area (Å²) in [5, 5.41) is 14.2. The number of hydrogen-bond acceptors (Lipinski definition) is 2. The molecule has 3 fully saturated rings. The Labute approximate surface area is 150 Å². The lowest BCUT2D eigenvalue weighted by atomic mass is 9.69. The molecule has 27 heavy (non-hydrogen) atoms. The van der Waals surface area contributed by atoms with Crippen LogP contribution in [0.15, 0.2) is 24.3 Å². The molecule has 4 nitrogen and oxygen atoms in total. The molecule has 0 radical (unpaired) electrons. The maximum absolute atomic E-state index is 13.1. The van der Waals surface area contributed by atoms with Gasteiger partial charge in [-0.1, -0.05) is 12.1 Å². The fraction of sp³-hybridized carbons (Fsp3) is 0.588. The van der Waals surface area contributed by atoms with Crippen LogP contribution >= 0.6 is 0 Å². The normalized spacial score (nSPS) is 28.4. The molecule has 2 bridgehead atoms. The topological polar surface area (TPSA) is 61.4 Å². The lowest BCUT2D eigenvalue weighted by Gasteiger charge is -2.39. The summed E-state index contributed by atoms with van der Waals surface area (Å²) in [6.07, 6.45) is -9.16. The fourth-order valence-corrected chi connectivity index (χ4v) is 4.03. The molecule has 10 heteroatoms. The quantitative estimate of drug-likeness (QED) is 0.679. The number of halogens is 6. The van der Waals surface area contributed by atoms with E-state index in [4.69, 9.17) is 0 Å². The highest BCUT2D eigenvalue weighted by atomic mass is 19.4. The smallest absolute Gasteiger partial charge is 0.394 e. The van der Waals surface area contributed by atoms with E-state index in [1.807, 2.05) is 0 Å². The summed E-state index contributed by atoms with van der Waals surface area (Å²) in [7, 11) is 0. The summed E-state index contributed by atoms with van der Waals surface area (Å²) in [6.45, 7) is -0.657. The van der Waals surface area contributed by atoms with E-state index < -0.39 is 48.1 Å². The summed E-state index contributed by atoms with van der Waals surface area (Å²) in [6, 6.07) is 1.57. The third-order valence-corrected chi connectivity index (χ3v) is 5.51. The molecule has 150 valence electrons. The number of hydrogen-bond donors (Lipinski definition) is 3. The summed E-state index contributed by atoms with van der Waals surface area (Å²) in [4.78, 5) is 12.1. The summed E-state index contributed by atoms with van der Waals surface area (Å²) < 4.78 is 77.6. The van der Waals surface area contributed by atoms with Gasteiger partial charge >= 0.3 is 18.4 Å². The van der Waals surface area contributed by atoms with Gasteiger partial charge in [0.15, 0.2) is 0 Å². The number of nitrogens with one attached hydrogen (secondary N) is 2. The Kier molecular flexibility index (Phi) is 4.82. The molecule has 0 saturated heterocycles. The highest BCUT2D eigenvalue weighted by Gasteiger charge is 2.69. The van der Waals surface area contributed by atoms with Crippen molar-refractivity contribution >= 4 is 6.03 Å². The first-order chi connectivity index (χ1) is 12.4. The number of carbonyl (C=O) groups excluding carboxylic acids is 1. The number of carbonyl (C=O) groups is 1. The van der Waals surface area contributed by atoms with Crippen molar-refractivity contribution in [2.45, 2.75) is 43.7 Å².